The van der Waals surface area contributed by atoms with E-state index in [2.05, 4.69) is 10.1 Å². The minimum atomic E-state index is -4.91. The monoisotopic (exact) mass is 306 g/mol. The second-order valence-corrected chi connectivity index (χ2v) is 4.09. The molecule has 0 aromatic heterocycles. The van der Waals surface area contributed by atoms with E-state index >= 15 is 0 Å². The number of ether oxygens (including phenoxy) is 1. The Balaban J connectivity index is 2.94. The van der Waals surface area contributed by atoms with Crippen molar-refractivity contribution in [3.8, 4) is 11.8 Å². The zero-order chi connectivity index (χ0) is 15.2. The molecule has 0 aliphatic carbocycles. The Hall–Kier alpha value is -1.94. The van der Waals surface area contributed by atoms with Gasteiger partial charge in [0.05, 0.1) is 17.3 Å². The molecule has 1 aromatic carbocycles. The highest BCUT2D eigenvalue weighted by molar-refractivity contribution is 6.18. The SMILES string of the molecule is N#Cc1ccc(NC(=O)CCCCl)c(OC(F)(F)F)c1. The number of carbonyl (C=O) groups is 1. The second-order valence-electron chi connectivity index (χ2n) is 3.71. The molecule has 1 rings (SSSR count). The maximum atomic E-state index is 12.3. The van der Waals surface area contributed by atoms with E-state index in [-0.39, 0.29) is 23.6 Å². The molecule has 0 radical (unpaired) electrons. The van der Waals surface area contributed by atoms with Crippen LogP contribution >= 0.6 is 11.6 Å². The van der Waals surface area contributed by atoms with Crippen molar-refractivity contribution < 1.29 is 22.7 Å². The minimum absolute atomic E-state index is 0.0111. The Morgan fingerprint density at radius 2 is 2.15 bits per heavy atom. The lowest BCUT2D eigenvalue weighted by molar-refractivity contribution is -0.274. The number of hydrogen-bond acceptors (Lipinski definition) is 3. The lowest BCUT2D eigenvalue weighted by atomic mass is 10.2. The molecule has 8 heteroatoms. The number of halogens is 4. The van der Waals surface area contributed by atoms with Gasteiger partial charge in [-0.15, -0.1) is 24.8 Å². The number of alkyl halides is 4. The first kappa shape index (κ1) is 16.1. The molecule has 0 saturated carbocycles. The minimum Gasteiger partial charge on any atom is -0.404 e. The van der Waals surface area contributed by atoms with E-state index in [1.54, 1.807) is 6.07 Å². The number of benzene rings is 1. The lowest BCUT2D eigenvalue weighted by Crippen LogP contribution is -2.19. The summed E-state index contributed by atoms with van der Waals surface area (Å²) < 4.78 is 40.6. The number of amides is 1. The fraction of sp³-hybridized carbons (Fsp3) is 0.333. The van der Waals surface area contributed by atoms with E-state index in [0.29, 0.717) is 6.42 Å². The maximum Gasteiger partial charge on any atom is 0.573 e. The van der Waals surface area contributed by atoms with Crippen molar-refractivity contribution in [1.82, 2.24) is 0 Å². The first-order chi connectivity index (χ1) is 9.35. The van der Waals surface area contributed by atoms with Crippen molar-refractivity contribution >= 4 is 23.2 Å². The number of nitriles is 1. The van der Waals surface area contributed by atoms with Crippen LogP contribution in [-0.2, 0) is 4.79 Å². The maximum absolute atomic E-state index is 12.3. The quantitative estimate of drug-likeness (QED) is 0.848. The third-order valence-electron chi connectivity index (χ3n) is 2.15. The average Bonchev–Trinajstić information content (AvgIpc) is 2.36. The van der Waals surface area contributed by atoms with E-state index in [1.807, 2.05) is 0 Å². The third kappa shape index (κ3) is 5.36. The summed E-state index contributed by atoms with van der Waals surface area (Å²) in [6.07, 6.45) is -4.43. The van der Waals surface area contributed by atoms with Crippen molar-refractivity contribution in [3.63, 3.8) is 0 Å². The molecule has 0 spiro atoms. The van der Waals surface area contributed by atoms with Crippen LogP contribution in [0.5, 0.6) is 5.75 Å². The summed E-state index contributed by atoms with van der Waals surface area (Å²) in [6.45, 7) is 0. The van der Waals surface area contributed by atoms with Gasteiger partial charge in [-0.1, -0.05) is 0 Å². The molecule has 0 aliphatic rings. The van der Waals surface area contributed by atoms with Gasteiger partial charge < -0.3 is 10.1 Å². The molecule has 0 unspecified atom stereocenters. The smallest absolute Gasteiger partial charge is 0.404 e. The van der Waals surface area contributed by atoms with Crippen LogP contribution in [0, 0.1) is 11.3 Å². The Morgan fingerprint density at radius 1 is 1.45 bits per heavy atom. The highest BCUT2D eigenvalue weighted by Gasteiger charge is 2.32. The van der Waals surface area contributed by atoms with Crippen LogP contribution < -0.4 is 10.1 Å². The first-order valence-corrected chi connectivity index (χ1v) is 6.05. The number of nitrogens with zero attached hydrogens (tertiary/aromatic N) is 1. The molecule has 0 atom stereocenters. The van der Waals surface area contributed by atoms with Gasteiger partial charge in [-0.3, -0.25) is 4.79 Å². The Labute approximate surface area is 118 Å². The number of rotatable bonds is 5. The van der Waals surface area contributed by atoms with Gasteiger partial charge >= 0.3 is 6.36 Å². The van der Waals surface area contributed by atoms with Crippen LogP contribution in [0.3, 0.4) is 0 Å². The van der Waals surface area contributed by atoms with Gasteiger partial charge in [0.1, 0.15) is 0 Å². The van der Waals surface area contributed by atoms with Gasteiger partial charge in [-0.05, 0) is 18.6 Å². The van der Waals surface area contributed by atoms with Gasteiger partial charge in [-0.25, -0.2) is 0 Å². The number of nitrogens with one attached hydrogen (secondary N) is 1. The first-order valence-electron chi connectivity index (χ1n) is 5.51. The highest BCUT2D eigenvalue weighted by atomic mass is 35.5. The number of hydrogen-bond donors (Lipinski definition) is 1. The average molecular weight is 307 g/mol. The van der Waals surface area contributed by atoms with E-state index in [9.17, 15) is 18.0 Å². The molecule has 1 N–H and O–H groups in total. The normalized spacial score (nSPS) is 10.8. The molecule has 20 heavy (non-hydrogen) atoms. The molecule has 0 bridgehead atoms. The summed E-state index contributed by atoms with van der Waals surface area (Å²) in [5, 5.41) is 10.9. The zero-order valence-electron chi connectivity index (χ0n) is 10.1. The fourth-order valence-electron chi connectivity index (χ4n) is 1.34. The molecule has 4 nitrogen and oxygen atoms in total. The van der Waals surface area contributed by atoms with Crippen LogP contribution in [0.4, 0.5) is 18.9 Å². The summed E-state index contributed by atoms with van der Waals surface area (Å²) in [6, 6.07) is 5.05. The topological polar surface area (TPSA) is 62.1 Å². The summed E-state index contributed by atoms with van der Waals surface area (Å²) >= 11 is 5.42. The second kappa shape index (κ2) is 7.01. The standard InChI is InChI=1S/C12H10ClF3N2O2/c13-5-1-2-11(19)18-9-4-3-8(7-17)6-10(9)20-12(14,15)16/h3-4,6H,1-2,5H2,(H,18,19). The summed E-state index contributed by atoms with van der Waals surface area (Å²) in [5.41, 5.74) is -0.163. The highest BCUT2D eigenvalue weighted by Crippen LogP contribution is 2.31. The molecule has 1 aromatic rings. The van der Waals surface area contributed by atoms with Crippen LogP contribution in [0.2, 0.25) is 0 Å². The van der Waals surface area contributed by atoms with Crippen molar-refractivity contribution in [2.75, 3.05) is 11.2 Å². The predicted octanol–water partition coefficient (Wildman–Crippen LogP) is 3.41. The Morgan fingerprint density at radius 3 is 2.70 bits per heavy atom. The van der Waals surface area contributed by atoms with Crippen molar-refractivity contribution in [2.45, 2.75) is 19.2 Å². The number of carbonyl (C=O) groups excluding carboxylic acids is 1. The summed E-state index contributed by atoms with van der Waals surface area (Å²) in [7, 11) is 0. The van der Waals surface area contributed by atoms with Crippen molar-refractivity contribution in [3.05, 3.63) is 23.8 Å². The Bertz CT molecular complexity index is 526. The molecular weight excluding hydrogens is 297 g/mol. The van der Waals surface area contributed by atoms with Crippen LogP contribution in [0.25, 0.3) is 0 Å². The Kier molecular flexibility index (Phi) is 5.65. The molecular formula is C12H10ClF3N2O2. The van der Waals surface area contributed by atoms with Crippen molar-refractivity contribution in [2.24, 2.45) is 0 Å². The largest absolute Gasteiger partial charge is 0.573 e. The molecule has 0 heterocycles. The summed E-state index contributed by atoms with van der Waals surface area (Å²) in [5.74, 6) is -0.842. The summed E-state index contributed by atoms with van der Waals surface area (Å²) in [4.78, 5) is 11.5. The van der Waals surface area contributed by atoms with Gasteiger partial charge in [0, 0.05) is 18.4 Å². The number of anilines is 1. The molecule has 1 amide bonds. The zero-order valence-corrected chi connectivity index (χ0v) is 10.9. The van der Waals surface area contributed by atoms with E-state index in [1.165, 1.54) is 12.1 Å². The van der Waals surface area contributed by atoms with Crippen LogP contribution in [0.15, 0.2) is 18.2 Å². The van der Waals surface area contributed by atoms with Gasteiger partial charge in [-0.2, -0.15) is 5.26 Å². The van der Waals surface area contributed by atoms with Gasteiger partial charge in [0.15, 0.2) is 5.75 Å². The fourth-order valence-corrected chi connectivity index (χ4v) is 1.48. The third-order valence-corrected chi connectivity index (χ3v) is 2.42. The van der Waals surface area contributed by atoms with E-state index < -0.39 is 18.0 Å². The molecule has 0 saturated heterocycles. The van der Waals surface area contributed by atoms with Crippen molar-refractivity contribution in [1.29, 1.82) is 5.26 Å². The molecule has 0 fully saturated rings. The van der Waals surface area contributed by atoms with Gasteiger partial charge in [0.2, 0.25) is 5.91 Å². The van der Waals surface area contributed by atoms with Crippen LogP contribution in [0.1, 0.15) is 18.4 Å². The molecule has 0 aliphatic heterocycles. The van der Waals surface area contributed by atoms with Gasteiger partial charge in [0.25, 0.3) is 0 Å². The van der Waals surface area contributed by atoms with E-state index in [0.717, 1.165) is 6.07 Å². The predicted molar refractivity (Wildman–Crippen MR) is 66.4 cm³/mol. The van der Waals surface area contributed by atoms with E-state index in [4.69, 9.17) is 16.9 Å². The lowest BCUT2D eigenvalue weighted by Gasteiger charge is -2.14. The van der Waals surface area contributed by atoms with Crippen LogP contribution in [-0.4, -0.2) is 18.1 Å². The molecule has 108 valence electrons.